The molecule has 0 bridgehead atoms. The minimum absolute atomic E-state index is 0. The molecule has 1 aromatic carbocycles. The standard InChI is InChI=1S/C16H25N3O.2ClH/c1-19(2)16(10-6-7-11-16)13-18-15(20)12-17-14-8-4-3-5-9-14;;/h3-5,8-9,17H,6-7,10-13H2,1-2H3,(H,18,20);2*1H. The van der Waals surface area contributed by atoms with Crippen LogP contribution in [0.3, 0.4) is 0 Å². The quantitative estimate of drug-likeness (QED) is 0.831. The third-order valence-electron chi connectivity index (χ3n) is 4.32. The lowest BCUT2D eigenvalue weighted by molar-refractivity contribution is -0.120. The molecule has 1 amide bonds. The molecule has 1 saturated carbocycles. The van der Waals surface area contributed by atoms with Gasteiger partial charge in [-0.05, 0) is 39.1 Å². The first-order valence-corrected chi connectivity index (χ1v) is 7.35. The van der Waals surface area contributed by atoms with Gasteiger partial charge in [0.05, 0.1) is 6.54 Å². The molecule has 4 nitrogen and oxygen atoms in total. The summed E-state index contributed by atoms with van der Waals surface area (Å²) in [4.78, 5) is 14.2. The molecule has 22 heavy (non-hydrogen) atoms. The molecule has 0 unspecified atom stereocenters. The molecule has 6 heteroatoms. The molecule has 0 saturated heterocycles. The molecular weight excluding hydrogens is 321 g/mol. The first kappa shape index (κ1) is 21.0. The Balaban J connectivity index is 0.00000220. The second-order valence-corrected chi connectivity index (χ2v) is 5.82. The number of hydrogen-bond donors (Lipinski definition) is 2. The van der Waals surface area contributed by atoms with Crippen LogP contribution >= 0.6 is 24.8 Å². The Morgan fingerprint density at radius 2 is 1.73 bits per heavy atom. The highest BCUT2D eigenvalue weighted by atomic mass is 35.5. The van der Waals surface area contributed by atoms with E-state index in [1.165, 1.54) is 25.7 Å². The summed E-state index contributed by atoms with van der Waals surface area (Å²) < 4.78 is 0. The Morgan fingerprint density at radius 3 is 2.27 bits per heavy atom. The van der Waals surface area contributed by atoms with Crippen molar-refractivity contribution in [3.8, 4) is 0 Å². The molecule has 2 rings (SSSR count). The summed E-state index contributed by atoms with van der Waals surface area (Å²) in [5, 5.41) is 6.21. The van der Waals surface area contributed by atoms with Crippen LogP contribution in [0.4, 0.5) is 5.69 Å². The lowest BCUT2D eigenvalue weighted by Gasteiger charge is -2.36. The van der Waals surface area contributed by atoms with Crippen molar-refractivity contribution >= 4 is 36.4 Å². The van der Waals surface area contributed by atoms with E-state index in [2.05, 4.69) is 29.6 Å². The Bertz CT molecular complexity index is 434. The maximum atomic E-state index is 11.9. The minimum Gasteiger partial charge on any atom is -0.376 e. The number of rotatable bonds is 6. The molecule has 0 radical (unpaired) electrons. The first-order chi connectivity index (χ1) is 9.62. The van der Waals surface area contributed by atoms with Crippen LogP contribution in [0.15, 0.2) is 30.3 Å². The van der Waals surface area contributed by atoms with E-state index in [1.807, 2.05) is 30.3 Å². The van der Waals surface area contributed by atoms with Crippen molar-refractivity contribution in [2.24, 2.45) is 0 Å². The number of benzene rings is 1. The number of carbonyl (C=O) groups excluding carboxylic acids is 1. The van der Waals surface area contributed by atoms with Crippen LogP contribution < -0.4 is 10.6 Å². The number of anilines is 1. The van der Waals surface area contributed by atoms with Gasteiger partial charge in [-0.25, -0.2) is 0 Å². The number of nitrogens with zero attached hydrogens (tertiary/aromatic N) is 1. The van der Waals surface area contributed by atoms with Crippen molar-refractivity contribution in [3.05, 3.63) is 30.3 Å². The van der Waals surface area contributed by atoms with Crippen molar-refractivity contribution in [1.82, 2.24) is 10.2 Å². The third kappa shape index (κ3) is 5.67. The number of amides is 1. The van der Waals surface area contributed by atoms with Gasteiger partial charge >= 0.3 is 0 Å². The molecule has 1 aromatic rings. The second-order valence-electron chi connectivity index (χ2n) is 5.82. The SMILES string of the molecule is CN(C)C1(CNC(=O)CNc2ccccc2)CCCC1.Cl.Cl. The second kappa shape index (κ2) is 9.93. The number of carbonyl (C=O) groups is 1. The fourth-order valence-corrected chi connectivity index (χ4v) is 2.88. The molecule has 0 aromatic heterocycles. The third-order valence-corrected chi connectivity index (χ3v) is 4.32. The van der Waals surface area contributed by atoms with Gasteiger partial charge in [-0.15, -0.1) is 24.8 Å². The average Bonchev–Trinajstić information content (AvgIpc) is 2.94. The van der Waals surface area contributed by atoms with Gasteiger partial charge in [0.1, 0.15) is 0 Å². The number of nitrogens with one attached hydrogen (secondary N) is 2. The van der Waals surface area contributed by atoms with E-state index >= 15 is 0 Å². The molecule has 1 fully saturated rings. The fourth-order valence-electron chi connectivity index (χ4n) is 2.88. The lowest BCUT2D eigenvalue weighted by atomic mass is 9.96. The zero-order valence-electron chi connectivity index (χ0n) is 13.3. The van der Waals surface area contributed by atoms with Crippen LogP contribution in [0.2, 0.25) is 0 Å². The minimum atomic E-state index is 0. The summed E-state index contributed by atoms with van der Waals surface area (Å²) in [5.74, 6) is 0.0574. The van der Waals surface area contributed by atoms with Gasteiger partial charge in [0.15, 0.2) is 0 Å². The summed E-state index contributed by atoms with van der Waals surface area (Å²) in [5.41, 5.74) is 1.13. The van der Waals surface area contributed by atoms with E-state index in [4.69, 9.17) is 0 Å². The number of para-hydroxylation sites is 1. The van der Waals surface area contributed by atoms with E-state index < -0.39 is 0 Å². The molecule has 0 heterocycles. The predicted octanol–water partition coefficient (Wildman–Crippen LogP) is 2.93. The fraction of sp³-hybridized carbons (Fsp3) is 0.562. The number of hydrogen-bond acceptors (Lipinski definition) is 3. The van der Waals surface area contributed by atoms with Crippen LogP contribution in [0.5, 0.6) is 0 Å². The van der Waals surface area contributed by atoms with Crippen molar-refractivity contribution in [1.29, 1.82) is 0 Å². The van der Waals surface area contributed by atoms with E-state index in [9.17, 15) is 4.79 Å². The molecule has 0 spiro atoms. The topological polar surface area (TPSA) is 44.4 Å². The van der Waals surface area contributed by atoms with Crippen molar-refractivity contribution in [2.75, 3.05) is 32.5 Å². The van der Waals surface area contributed by atoms with Gasteiger partial charge in [-0.3, -0.25) is 4.79 Å². The van der Waals surface area contributed by atoms with Crippen molar-refractivity contribution in [2.45, 2.75) is 31.2 Å². The number of likely N-dealkylation sites (N-methyl/N-ethyl adjacent to an activating group) is 1. The van der Waals surface area contributed by atoms with Gasteiger partial charge < -0.3 is 15.5 Å². The van der Waals surface area contributed by atoms with Crippen LogP contribution in [0.25, 0.3) is 0 Å². The van der Waals surface area contributed by atoms with Gasteiger partial charge in [0.2, 0.25) is 5.91 Å². The Kier molecular flexibility index (Phi) is 9.49. The summed E-state index contributed by atoms with van der Waals surface area (Å²) in [6.07, 6.45) is 4.87. The molecular formula is C16H27Cl2N3O. The predicted molar refractivity (Wildman–Crippen MR) is 97.3 cm³/mol. The maximum absolute atomic E-state index is 11.9. The van der Waals surface area contributed by atoms with Gasteiger partial charge in [-0.1, -0.05) is 31.0 Å². The summed E-state index contributed by atoms with van der Waals surface area (Å²) in [7, 11) is 4.22. The Labute approximate surface area is 145 Å². The zero-order valence-corrected chi connectivity index (χ0v) is 14.9. The van der Waals surface area contributed by atoms with Crippen LogP contribution in [-0.2, 0) is 4.79 Å². The lowest BCUT2D eigenvalue weighted by Crippen LogP contribution is -2.51. The summed E-state index contributed by atoms with van der Waals surface area (Å²) in [6, 6.07) is 9.81. The first-order valence-electron chi connectivity index (χ1n) is 7.35. The van der Waals surface area contributed by atoms with Gasteiger partial charge in [0.25, 0.3) is 0 Å². The average molecular weight is 348 g/mol. The molecule has 1 aliphatic rings. The van der Waals surface area contributed by atoms with Gasteiger partial charge in [0, 0.05) is 17.8 Å². The monoisotopic (exact) mass is 347 g/mol. The molecule has 1 aliphatic carbocycles. The molecule has 126 valence electrons. The normalized spacial score (nSPS) is 15.6. The van der Waals surface area contributed by atoms with Gasteiger partial charge in [-0.2, -0.15) is 0 Å². The summed E-state index contributed by atoms with van der Waals surface area (Å²) in [6.45, 7) is 1.07. The Hall–Kier alpha value is -0.970. The molecule has 2 N–H and O–H groups in total. The highest BCUT2D eigenvalue weighted by molar-refractivity contribution is 5.85. The van der Waals surface area contributed by atoms with E-state index in [0.29, 0.717) is 6.54 Å². The smallest absolute Gasteiger partial charge is 0.239 e. The zero-order chi connectivity index (χ0) is 14.4. The summed E-state index contributed by atoms with van der Waals surface area (Å²) >= 11 is 0. The van der Waals surface area contributed by atoms with Crippen LogP contribution in [-0.4, -0.2) is 43.5 Å². The van der Waals surface area contributed by atoms with E-state index in [-0.39, 0.29) is 36.3 Å². The molecule has 0 atom stereocenters. The van der Waals surface area contributed by atoms with Crippen molar-refractivity contribution < 1.29 is 4.79 Å². The van der Waals surface area contributed by atoms with Crippen LogP contribution in [0.1, 0.15) is 25.7 Å². The Morgan fingerprint density at radius 1 is 1.14 bits per heavy atom. The largest absolute Gasteiger partial charge is 0.376 e. The van der Waals surface area contributed by atoms with E-state index in [0.717, 1.165) is 12.2 Å². The number of halogens is 2. The highest BCUT2D eigenvalue weighted by Gasteiger charge is 2.35. The highest BCUT2D eigenvalue weighted by Crippen LogP contribution is 2.32. The van der Waals surface area contributed by atoms with Crippen LogP contribution in [0, 0.1) is 0 Å². The maximum Gasteiger partial charge on any atom is 0.239 e. The van der Waals surface area contributed by atoms with Crippen molar-refractivity contribution in [3.63, 3.8) is 0 Å². The molecule has 0 aliphatic heterocycles. The van der Waals surface area contributed by atoms with E-state index in [1.54, 1.807) is 0 Å².